The third kappa shape index (κ3) is 6.62. The number of thioether (sulfide) groups is 1. The molecule has 1 aliphatic rings. The zero-order valence-corrected chi connectivity index (χ0v) is 21.8. The van der Waals surface area contributed by atoms with E-state index >= 15 is 0 Å². The second kappa shape index (κ2) is 12.3. The molecule has 0 radical (unpaired) electrons. The Balaban J connectivity index is 1.48. The first-order chi connectivity index (χ1) is 18.0. The van der Waals surface area contributed by atoms with Gasteiger partial charge in [0.25, 0.3) is 0 Å². The average molecular weight is 520 g/mol. The van der Waals surface area contributed by atoms with Crippen LogP contribution in [0.5, 0.6) is 17.2 Å². The second-order valence-electron chi connectivity index (χ2n) is 8.25. The van der Waals surface area contributed by atoms with Gasteiger partial charge in [-0.15, -0.1) is 0 Å². The van der Waals surface area contributed by atoms with Gasteiger partial charge in [0, 0.05) is 18.7 Å². The summed E-state index contributed by atoms with van der Waals surface area (Å²) in [5, 5.41) is 2.88. The number of benzene rings is 3. The maximum Gasteiger partial charge on any atom is 0.242 e. The lowest BCUT2D eigenvalue weighted by Crippen LogP contribution is -2.35. The zero-order valence-electron chi connectivity index (χ0n) is 21.0. The summed E-state index contributed by atoms with van der Waals surface area (Å²) in [6.07, 6.45) is 0.626. The Bertz CT molecular complexity index is 1260. The number of methoxy groups -OCH3 is 3. The maximum absolute atomic E-state index is 13.4. The number of amides is 2. The van der Waals surface area contributed by atoms with Crippen molar-refractivity contribution < 1.29 is 23.8 Å². The van der Waals surface area contributed by atoms with Gasteiger partial charge in [-0.25, -0.2) is 4.99 Å². The van der Waals surface area contributed by atoms with Crippen molar-refractivity contribution in [2.75, 3.05) is 33.2 Å². The van der Waals surface area contributed by atoms with Crippen LogP contribution in [0.3, 0.4) is 0 Å². The third-order valence-corrected chi connectivity index (χ3v) is 6.99. The second-order valence-corrected chi connectivity index (χ2v) is 9.42. The van der Waals surface area contributed by atoms with Crippen LogP contribution in [0.25, 0.3) is 0 Å². The van der Waals surface area contributed by atoms with E-state index in [2.05, 4.69) is 5.32 Å². The fourth-order valence-electron chi connectivity index (χ4n) is 3.88. The van der Waals surface area contributed by atoms with Crippen LogP contribution < -0.4 is 19.5 Å². The predicted molar refractivity (Wildman–Crippen MR) is 146 cm³/mol. The molecule has 1 atom stereocenters. The number of ether oxygens (including phenoxy) is 3. The van der Waals surface area contributed by atoms with Crippen LogP contribution in [0.2, 0.25) is 0 Å². The van der Waals surface area contributed by atoms with Gasteiger partial charge in [0.15, 0.2) is 16.7 Å². The molecule has 0 saturated carbocycles. The molecule has 4 rings (SSSR count). The van der Waals surface area contributed by atoms with E-state index in [1.165, 1.54) is 11.8 Å². The SMILES string of the molecule is COc1ccc(NC(=O)CC2SC(=Nc3ccccc3)N(CCc3ccc(OC)c(OC)c3)C2=O)cc1. The Morgan fingerprint density at radius 3 is 2.35 bits per heavy atom. The molecule has 37 heavy (non-hydrogen) atoms. The van der Waals surface area contributed by atoms with Crippen molar-refractivity contribution in [1.82, 2.24) is 4.90 Å². The van der Waals surface area contributed by atoms with Gasteiger partial charge in [0.05, 0.1) is 27.0 Å². The molecule has 0 bridgehead atoms. The number of carbonyl (C=O) groups is 2. The van der Waals surface area contributed by atoms with Gasteiger partial charge in [-0.05, 0) is 60.5 Å². The highest BCUT2D eigenvalue weighted by Gasteiger charge is 2.39. The van der Waals surface area contributed by atoms with Crippen LogP contribution in [-0.2, 0) is 16.0 Å². The van der Waals surface area contributed by atoms with Gasteiger partial charge in [-0.2, -0.15) is 0 Å². The van der Waals surface area contributed by atoms with Gasteiger partial charge in [0.1, 0.15) is 11.0 Å². The molecule has 1 aliphatic heterocycles. The van der Waals surface area contributed by atoms with Crippen LogP contribution in [0.4, 0.5) is 11.4 Å². The number of hydrogen-bond acceptors (Lipinski definition) is 7. The number of hydrogen-bond donors (Lipinski definition) is 1. The molecule has 0 spiro atoms. The quantitative estimate of drug-likeness (QED) is 0.409. The first-order valence-electron chi connectivity index (χ1n) is 11.8. The number of amidine groups is 1. The molecule has 1 unspecified atom stereocenters. The van der Waals surface area contributed by atoms with E-state index in [-0.39, 0.29) is 18.2 Å². The van der Waals surface area contributed by atoms with Crippen LogP contribution in [0.15, 0.2) is 77.8 Å². The highest BCUT2D eigenvalue weighted by atomic mass is 32.2. The van der Waals surface area contributed by atoms with Gasteiger partial charge >= 0.3 is 0 Å². The molecule has 192 valence electrons. The van der Waals surface area contributed by atoms with E-state index in [1.807, 2.05) is 48.5 Å². The molecule has 2 amide bonds. The van der Waals surface area contributed by atoms with Crippen molar-refractivity contribution >= 4 is 40.1 Å². The lowest BCUT2D eigenvalue weighted by atomic mass is 10.1. The van der Waals surface area contributed by atoms with Crippen molar-refractivity contribution in [3.8, 4) is 17.2 Å². The Morgan fingerprint density at radius 2 is 1.68 bits per heavy atom. The molecule has 1 saturated heterocycles. The first kappa shape index (κ1) is 26.1. The summed E-state index contributed by atoms with van der Waals surface area (Å²) in [6, 6.07) is 22.2. The first-order valence-corrected chi connectivity index (χ1v) is 12.6. The van der Waals surface area contributed by atoms with Crippen LogP contribution in [-0.4, -0.2) is 55.0 Å². The molecule has 3 aromatic rings. The summed E-state index contributed by atoms with van der Waals surface area (Å²) in [6.45, 7) is 0.420. The van der Waals surface area contributed by atoms with E-state index in [0.717, 1.165) is 11.3 Å². The van der Waals surface area contributed by atoms with E-state index in [9.17, 15) is 9.59 Å². The minimum Gasteiger partial charge on any atom is -0.497 e. The molecular weight excluding hydrogens is 490 g/mol. The maximum atomic E-state index is 13.4. The number of anilines is 1. The number of nitrogens with zero attached hydrogens (tertiary/aromatic N) is 2. The number of aliphatic imine (C=N–C) groups is 1. The predicted octanol–water partition coefficient (Wildman–Crippen LogP) is 4.92. The molecule has 8 nitrogen and oxygen atoms in total. The van der Waals surface area contributed by atoms with Gasteiger partial charge in [-0.3, -0.25) is 14.5 Å². The molecular formula is C28H29N3O5S. The van der Waals surface area contributed by atoms with Crippen molar-refractivity contribution in [2.45, 2.75) is 18.1 Å². The Hall–Kier alpha value is -3.98. The lowest BCUT2D eigenvalue weighted by molar-refractivity contribution is -0.128. The minimum absolute atomic E-state index is 0.0379. The van der Waals surface area contributed by atoms with Gasteiger partial charge in [-0.1, -0.05) is 36.0 Å². The van der Waals surface area contributed by atoms with E-state index in [4.69, 9.17) is 19.2 Å². The Labute approximate surface area is 220 Å². The normalized spacial score (nSPS) is 16.1. The molecule has 1 heterocycles. The topological polar surface area (TPSA) is 89.5 Å². The fourth-order valence-corrected chi connectivity index (χ4v) is 5.06. The lowest BCUT2D eigenvalue weighted by Gasteiger charge is -2.17. The summed E-state index contributed by atoms with van der Waals surface area (Å²) in [5.74, 6) is 1.61. The van der Waals surface area contributed by atoms with E-state index < -0.39 is 5.25 Å². The monoisotopic (exact) mass is 519 g/mol. The summed E-state index contributed by atoms with van der Waals surface area (Å²) in [5.41, 5.74) is 2.39. The molecule has 3 aromatic carbocycles. The summed E-state index contributed by atoms with van der Waals surface area (Å²) < 4.78 is 15.9. The fraction of sp³-hybridized carbons (Fsp3) is 0.250. The smallest absolute Gasteiger partial charge is 0.242 e. The van der Waals surface area contributed by atoms with Gasteiger partial charge < -0.3 is 19.5 Å². The molecule has 1 N–H and O–H groups in total. The van der Waals surface area contributed by atoms with Crippen LogP contribution in [0, 0.1) is 0 Å². The number of para-hydroxylation sites is 1. The number of rotatable bonds is 10. The number of carbonyl (C=O) groups excluding carboxylic acids is 2. The minimum atomic E-state index is -0.564. The van der Waals surface area contributed by atoms with Crippen LogP contribution >= 0.6 is 11.8 Å². The van der Waals surface area contributed by atoms with Crippen molar-refractivity contribution in [2.24, 2.45) is 4.99 Å². The summed E-state index contributed by atoms with van der Waals surface area (Å²) >= 11 is 1.32. The van der Waals surface area contributed by atoms with Crippen molar-refractivity contribution in [3.63, 3.8) is 0 Å². The molecule has 1 fully saturated rings. The highest BCUT2D eigenvalue weighted by molar-refractivity contribution is 8.15. The van der Waals surface area contributed by atoms with Crippen LogP contribution in [0.1, 0.15) is 12.0 Å². The third-order valence-electron chi connectivity index (χ3n) is 5.82. The largest absolute Gasteiger partial charge is 0.497 e. The van der Waals surface area contributed by atoms with Gasteiger partial charge in [0.2, 0.25) is 11.8 Å². The summed E-state index contributed by atoms with van der Waals surface area (Å²) in [4.78, 5) is 32.5. The number of nitrogens with one attached hydrogen (secondary N) is 1. The zero-order chi connectivity index (χ0) is 26.2. The molecule has 9 heteroatoms. The van der Waals surface area contributed by atoms with Crippen molar-refractivity contribution in [1.29, 1.82) is 0 Å². The standard InChI is InChI=1S/C28H29N3O5S/c1-34-22-12-10-21(11-13-22)29-26(32)18-25-27(33)31(28(37-25)30-20-7-5-4-6-8-20)16-15-19-9-14-23(35-2)24(17-19)36-3/h4-14,17,25H,15-16,18H2,1-3H3,(H,29,32). The Kier molecular flexibility index (Phi) is 8.68. The average Bonchev–Trinajstić information content (AvgIpc) is 3.21. The van der Waals surface area contributed by atoms with E-state index in [0.29, 0.717) is 41.1 Å². The Morgan fingerprint density at radius 1 is 0.946 bits per heavy atom. The molecule has 0 aliphatic carbocycles. The van der Waals surface area contributed by atoms with Crippen molar-refractivity contribution in [3.05, 3.63) is 78.4 Å². The molecule has 0 aromatic heterocycles. The summed E-state index contributed by atoms with van der Waals surface area (Å²) in [7, 11) is 4.77. The highest BCUT2D eigenvalue weighted by Crippen LogP contribution is 2.33. The van der Waals surface area contributed by atoms with E-state index in [1.54, 1.807) is 50.5 Å².